The van der Waals surface area contributed by atoms with E-state index in [2.05, 4.69) is 17.1 Å². The van der Waals surface area contributed by atoms with Crippen LogP contribution in [0.25, 0.3) is 5.00 Å². The number of thiophene rings is 1. The van der Waals surface area contributed by atoms with Crippen LogP contribution < -0.4 is 10.4 Å². The summed E-state index contributed by atoms with van der Waals surface area (Å²) in [5, 5.41) is 9.64. The molecule has 1 aromatic carbocycles. The molecule has 31 heavy (non-hydrogen) atoms. The van der Waals surface area contributed by atoms with E-state index in [4.69, 9.17) is 4.74 Å². The summed E-state index contributed by atoms with van der Waals surface area (Å²) >= 11 is 1.52. The standard InChI is InChI=1S/C23H28N4O3S/c1-2-3-14-30-19-8-6-18(7-9-19)22(28)26-12-10-17(11-13-26)16-20-24-25-23(29)27(20)21-5-4-15-31-21/h4-9,15,17H,2-3,10-14,16H2,1H3,(H,25,29). The topological polar surface area (TPSA) is 80.2 Å². The first kappa shape index (κ1) is 21.4. The summed E-state index contributed by atoms with van der Waals surface area (Å²) < 4.78 is 7.34. The fourth-order valence-electron chi connectivity index (χ4n) is 3.90. The largest absolute Gasteiger partial charge is 0.494 e. The highest BCUT2D eigenvalue weighted by Gasteiger charge is 2.25. The van der Waals surface area contributed by atoms with E-state index in [0.29, 0.717) is 31.2 Å². The highest BCUT2D eigenvalue weighted by atomic mass is 32.1. The maximum absolute atomic E-state index is 12.9. The molecular weight excluding hydrogens is 412 g/mol. The van der Waals surface area contributed by atoms with Gasteiger partial charge in [-0.1, -0.05) is 13.3 Å². The lowest BCUT2D eigenvalue weighted by molar-refractivity contribution is 0.0689. The number of benzene rings is 1. The first-order valence-electron chi connectivity index (χ1n) is 10.9. The van der Waals surface area contributed by atoms with Gasteiger partial charge in [0.25, 0.3) is 5.91 Å². The minimum atomic E-state index is -0.202. The molecule has 4 rings (SSSR count). The van der Waals surface area contributed by atoms with Gasteiger partial charge in [0.2, 0.25) is 0 Å². The van der Waals surface area contributed by atoms with Gasteiger partial charge in [0.1, 0.15) is 16.6 Å². The number of aromatic amines is 1. The number of carbonyl (C=O) groups is 1. The van der Waals surface area contributed by atoms with Crippen molar-refractivity contribution in [3.05, 3.63) is 63.7 Å². The average Bonchev–Trinajstić information content (AvgIpc) is 3.44. The van der Waals surface area contributed by atoms with Crippen LogP contribution in [-0.4, -0.2) is 45.3 Å². The number of aromatic nitrogens is 3. The molecule has 164 valence electrons. The van der Waals surface area contributed by atoms with Crippen molar-refractivity contribution in [1.29, 1.82) is 0 Å². The van der Waals surface area contributed by atoms with Crippen LogP contribution in [0.3, 0.4) is 0 Å². The summed E-state index contributed by atoms with van der Waals surface area (Å²) in [4.78, 5) is 27.0. The highest BCUT2D eigenvalue weighted by molar-refractivity contribution is 7.12. The number of nitrogens with one attached hydrogen (secondary N) is 1. The van der Waals surface area contributed by atoms with Gasteiger partial charge >= 0.3 is 5.69 Å². The molecule has 0 atom stereocenters. The summed E-state index contributed by atoms with van der Waals surface area (Å²) in [6.45, 7) is 4.26. The molecule has 1 N–H and O–H groups in total. The summed E-state index contributed by atoms with van der Waals surface area (Å²) in [7, 11) is 0. The Kier molecular flexibility index (Phi) is 6.86. The van der Waals surface area contributed by atoms with E-state index < -0.39 is 0 Å². The molecule has 0 radical (unpaired) electrons. The van der Waals surface area contributed by atoms with E-state index in [1.165, 1.54) is 11.3 Å². The van der Waals surface area contributed by atoms with Gasteiger partial charge in [-0.25, -0.2) is 14.5 Å². The van der Waals surface area contributed by atoms with E-state index in [1.54, 1.807) is 4.57 Å². The maximum Gasteiger partial charge on any atom is 0.348 e. The fraction of sp³-hybridized carbons (Fsp3) is 0.435. The molecule has 8 heteroatoms. The van der Waals surface area contributed by atoms with Crippen molar-refractivity contribution in [3.63, 3.8) is 0 Å². The van der Waals surface area contributed by atoms with Gasteiger partial charge in [-0.2, -0.15) is 5.10 Å². The molecule has 1 saturated heterocycles. The van der Waals surface area contributed by atoms with Crippen LogP contribution in [0, 0.1) is 5.92 Å². The number of hydrogen-bond donors (Lipinski definition) is 1. The van der Waals surface area contributed by atoms with Crippen LogP contribution in [0.4, 0.5) is 0 Å². The zero-order valence-corrected chi connectivity index (χ0v) is 18.6. The molecule has 0 saturated carbocycles. The number of H-pyrrole nitrogens is 1. The number of amides is 1. The van der Waals surface area contributed by atoms with Crippen molar-refractivity contribution in [1.82, 2.24) is 19.7 Å². The van der Waals surface area contributed by atoms with Crippen molar-refractivity contribution in [2.24, 2.45) is 5.92 Å². The van der Waals surface area contributed by atoms with Crippen molar-refractivity contribution >= 4 is 17.2 Å². The molecule has 1 fully saturated rings. The zero-order valence-electron chi connectivity index (χ0n) is 17.8. The number of rotatable bonds is 8. The lowest BCUT2D eigenvalue weighted by atomic mass is 9.93. The molecular formula is C23H28N4O3S. The number of hydrogen-bond acceptors (Lipinski definition) is 5. The van der Waals surface area contributed by atoms with Crippen molar-refractivity contribution < 1.29 is 9.53 Å². The van der Waals surface area contributed by atoms with Crippen molar-refractivity contribution in [3.8, 4) is 10.8 Å². The fourth-order valence-corrected chi connectivity index (χ4v) is 4.65. The first-order chi connectivity index (χ1) is 15.2. The number of ether oxygens (including phenoxy) is 1. The van der Waals surface area contributed by atoms with Crippen molar-refractivity contribution in [2.75, 3.05) is 19.7 Å². The van der Waals surface area contributed by atoms with Crippen LogP contribution in [-0.2, 0) is 6.42 Å². The van der Waals surface area contributed by atoms with E-state index in [1.807, 2.05) is 46.7 Å². The minimum absolute atomic E-state index is 0.0637. The number of likely N-dealkylation sites (tertiary alicyclic amines) is 1. The third-order valence-electron chi connectivity index (χ3n) is 5.71. The van der Waals surface area contributed by atoms with Crippen LogP contribution in [0.5, 0.6) is 5.75 Å². The van der Waals surface area contributed by atoms with Crippen LogP contribution in [0.1, 0.15) is 48.8 Å². The van der Waals surface area contributed by atoms with Crippen LogP contribution in [0.15, 0.2) is 46.6 Å². The number of nitrogens with zero attached hydrogens (tertiary/aromatic N) is 3. The number of carbonyl (C=O) groups excluding carboxylic acids is 1. The molecule has 0 spiro atoms. The zero-order chi connectivity index (χ0) is 21.6. The second-order valence-electron chi connectivity index (χ2n) is 7.90. The van der Waals surface area contributed by atoms with E-state index in [-0.39, 0.29) is 11.6 Å². The Balaban J connectivity index is 1.32. The molecule has 2 aromatic heterocycles. The Bertz CT molecular complexity index is 1030. The second-order valence-corrected chi connectivity index (χ2v) is 8.82. The molecule has 1 aliphatic rings. The van der Waals surface area contributed by atoms with Gasteiger partial charge in [0.15, 0.2) is 0 Å². The molecule has 0 unspecified atom stereocenters. The number of unbranched alkanes of at least 4 members (excludes halogenated alkanes) is 1. The summed E-state index contributed by atoms with van der Waals surface area (Å²) in [5.74, 6) is 2.02. The molecule has 7 nitrogen and oxygen atoms in total. The predicted molar refractivity (Wildman–Crippen MR) is 121 cm³/mol. The quantitative estimate of drug-likeness (QED) is 0.539. The average molecular weight is 441 g/mol. The van der Waals surface area contributed by atoms with Crippen LogP contribution >= 0.6 is 11.3 Å². The normalized spacial score (nSPS) is 14.7. The van der Waals surface area contributed by atoms with Gasteiger partial charge in [0, 0.05) is 25.1 Å². The highest BCUT2D eigenvalue weighted by Crippen LogP contribution is 2.24. The summed E-state index contributed by atoms with van der Waals surface area (Å²) in [6.07, 6.45) is 4.64. The van der Waals surface area contributed by atoms with Crippen LogP contribution in [0.2, 0.25) is 0 Å². The maximum atomic E-state index is 12.9. The monoisotopic (exact) mass is 440 g/mol. The van der Waals surface area contributed by atoms with E-state index in [0.717, 1.165) is 48.7 Å². The third kappa shape index (κ3) is 5.07. The Morgan fingerprint density at radius 1 is 1.23 bits per heavy atom. The summed E-state index contributed by atoms with van der Waals surface area (Å²) in [5.41, 5.74) is 0.493. The third-order valence-corrected chi connectivity index (χ3v) is 6.56. The minimum Gasteiger partial charge on any atom is -0.494 e. The predicted octanol–water partition coefficient (Wildman–Crippen LogP) is 3.90. The molecule has 3 heterocycles. The number of piperidine rings is 1. The van der Waals surface area contributed by atoms with Gasteiger partial charge in [-0.3, -0.25) is 4.79 Å². The van der Waals surface area contributed by atoms with E-state index in [9.17, 15) is 9.59 Å². The lowest BCUT2D eigenvalue weighted by Gasteiger charge is -2.32. The van der Waals surface area contributed by atoms with Crippen molar-refractivity contribution in [2.45, 2.75) is 39.0 Å². The Morgan fingerprint density at radius 2 is 2.00 bits per heavy atom. The SMILES string of the molecule is CCCCOc1ccc(C(=O)N2CCC(Cc3n[nH]c(=O)n3-c3cccs3)CC2)cc1. The Morgan fingerprint density at radius 3 is 2.68 bits per heavy atom. The van der Waals surface area contributed by atoms with Gasteiger partial charge in [-0.15, -0.1) is 11.3 Å². The van der Waals surface area contributed by atoms with E-state index >= 15 is 0 Å². The Labute approximate surface area is 185 Å². The molecule has 1 amide bonds. The Hall–Kier alpha value is -2.87. The van der Waals surface area contributed by atoms with Gasteiger partial charge in [-0.05, 0) is 67.0 Å². The first-order valence-corrected chi connectivity index (χ1v) is 11.8. The molecule has 0 aliphatic carbocycles. The van der Waals surface area contributed by atoms with Gasteiger partial charge < -0.3 is 9.64 Å². The smallest absolute Gasteiger partial charge is 0.348 e. The second kappa shape index (κ2) is 9.96. The lowest BCUT2D eigenvalue weighted by Crippen LogP contribution is -2.39. The summed E-state index contributed by atoms with van der Waals surface area (Å²) in [6, 6.07) is 11.3. The van der Waals surface area contributed by atoms with Gasteiger partial charge in [0.05, 0.1) is 6.61 Å². The molecule has 1 aliphatic heterocycles. The molecule has 3 aromatic rings. The molecule has 0 bridgehead atoms.